The van der Waals surface area contributed by atoms with Crippen molar-refractivity contribution in [3.8, 4) is 11.3 Å². The van der Waals surface area contributed by atoms with Gasteiger partial charge in [-0.05, 0) is 60.6 Å². The van der Waals surface area contributed by atoms with Crippen LogP contribution in [0.3, 0.4) is 0 Å². The van der Waals surface area contributed by atoms with Gasteiger partial charge in [0.15, 0.2) is 0 Å². The molecular weight excluding hydrogens is 410 g/mol. The summed E-state index contributed by atoms with van der Waals surface area (Å²) in [4.78, 5) is 27.0. The van der Waals surface area contributed by atoms with Gasteiger partial charge in [0.25, 0.3) is 5.56 Å². The van der Waals surface area contributed by atoms with Crippen molar-refractivity contribution in [2.75, 3.05) is 5.43 Å². The number of benzene rings is 2. The lowest BCUT2D eigenvalue weighted by molar-refractivity contribution is -0.129. The Labute approximate surface area is 186 Å². The summed E-state index contributed by atoms with van der Waals surface area (Å²) in [5.41, 5.74) is 4.23. The van der Waals surface area contributed by atoms with Crippen molar-refractivity contribution >= 4 is 28.3 Å². The summed E-state index contributed by atoms with van der Waals surface area (Å²) in [6.07, 6.45) is 3.93. The van der Waals surface area contributed by atoms with E-state index >= 15 is 0 Å². The van der Waals surface area contributed by atoms with E-state index < -0.39 is 0 Å². The maximum atomic E-state index is 13.0. The van der Waals surface area contributed by atoms with E-state index in [1.54, 1.807) is 18.2 Å². The topological polar surface area (TPSA) is 64.0 Å². The molecule has 3 saturated carbocycles. The van der Waals surface area contributed by atoms with Crippen LogP contribution >= 0.6 is 11.6 Å². The van der Waals surface area contributed by atoms with E-state index in [9.17, 15) is 9.59 Å². The number of carbonyl (C=O) groups excluding carboxylic acids is 1. The van der Waals surface area contributed by atoms with Crippen LogP contribution in [0.25, 0.3) is 22.0 Å². The average molecular weight is 436 g/mol. The second-order valence-corrected chi connectivity index (χ2v) is 9.99. The summed E-state index contributed by atoms with van der Waals surface area (Å²) in [5, 5.41) is 6.41. The molecule has 1 N–H and O–H groups in total. The van der Waals surface area contributed by atoms with E-state index in [0.29, 0.717) is 39.8 Å². The quantitative estimate of drug-likeness (QED) is 0.608. The number of nitrogens with one attached hydrogen (secondary N) is 1. The molecule has 3 aromatic rings. The molecule has 6 heteroatoms. The van der Waals surface area contributed by atoms with Crippen LogP contribution in [0.5, 0.6) is 0 Å². The molecule has 3 fully saturated rings. The second-order valence-electron chi connectivity index (χ2n) is 9.56. The molecule has 3 aliphatic rings. The molecular formula is C25H26ClN3O2. The van der Waals surface area contributed by atoms with Crippen molar-refractivity contribution in [3.63, 3.8) is 0 Å². The van der Waals surface area contributed by atoms with E-state index in [0.717, 1.165) is 28.1 Å². The number of amides is 1. The van der Waals surface area contributed by atoms with Crippen LogP contribution in [0, 0.1) is 23.2 Å². The van der Waals surface area contributed by atoms with Crippen molar-refractivity contribution in [1.82, 2.24) is 9.89 Å². The zero-order valence-corrected chi connectivity index (χ0v) is 18.5. The molecule has 2 bridgehead atoms. The van der Waals surface area contributed by atoms with Gasteiger partial charge >= 0.3 is 0 Å². The average Bonchev–Trinajstić information content (AvgIpc) is 2.76. The fraction of sp³-hybridized carbons (Fsp3) is 0.400. The number of fused-ring (bicyclic) bond motifs is 3. The molecule has 6 rings (SSSR count). The zero-order chi connectivity index (χ0) is 21.8. The third-order valence-electron chi connectivity index (χ3n) is 7.60. The number of nitrogens with zero attached hydrogens (tertiary/aromatic N) is 2. The van der Waals surface area contributed by atoms with E-state index in [1.807, 2.05) is 30.3 Å². The molecule has 5 nitrogen and oxygen atoms in total. The molecule has 2 aromatic carbocycles. The van der Waals surface area contributed by atoms with Crippen LogP contribution in [-0.2, 0) is 4.79 Å². The lowest BCUT2D eigenvalue weighted by Gasteiger charge is -2.60. The van der Waals surface area contributed by atoms with Gasteiger partial charge in [-0.1, -0.05) is 55.8 Å². The van der Waals surface area contributed by atoms with Gasteiger partial charge in [0.2, 0.25) is 5.91 Å². The molecule has 0 saturated heterocycles. The maximum Gasteiger partial charge on any atom is 0.294 e. The Hall–Kier alpha value is -2.66. The van der Waals surface area contributed by atoms with E-state index in [4.69, 9.17) is 11.6 Å². The van der Waals surface area contributed by atoms with Gasteiger partial charge in [-0.3, -0.25) is 9.59 Å². The normalized spacial score (nSPS) is 23.9. The minimum atomic E-state index is -0.325. The number of hydrogen-bond acceptors (Lipinski definition) is 3. The lowest BCUT2D eigenvalue weighted by atomic mass is 9.45. The Balaban J connectivity index is 1.46. The summed E-state index contributed by atoms with van der Waals surface area (Å²) in [7, 11) is 0. The van der Waals surface area contributed by atoms with Gasteiger partial charge in [0, 0.05) is 22.4 Å². The third-order valence-corrected chi connectivity index (χ3v) is 7.85. The predicted octanol–water partition coefficient (Wildman–Crippen LogP) is 5.25. The van der Waals surface area contributed by atoms with E-state index in [1.165, 1.54) is 12.8 Å². The number of carbonyl (C=O) groups is 1. The number of rotatable bonds is 4. The van der Waals surface area contributed by atoms with E-state index in [2.05, 4.69) is 24.4 Å². The number of hydrogen-bond donors (Lipinski definition) is 1. The van der Waals surface area contributed by atoms with Crippen molar-refractivity contribution < 1.29 is 4.79 Å². The first kappa shape index (κ1) is 20.3. The van der Waals surface area contributed by atoms with Crippen LogP contribution < -0.4 is 11.0 Å². The van der Waals surface area contributed by atoms with Gasteiger partial charge < -0.3 is 0 Å². The van der Waals surface area contributed by atoms with Crippen molar-refractivity contribution in [2.45, 2.75) is 39.5 Å². The molecule has 1 amide bonds. The Morgan fingerprint density at radius 1 is 1.13 bits per heavy atom. The fourth-order valence-electron chi connectivity index (χ4n) is 5.69. The monoisotopic (exact) mass is 435 g/mol. The molecule has 0 radical (unpaired) electrons. The van der Waals surface area contributed by atoms with Gasteiger partial charge in [-0.15, -0.1) is 9.89 Å². The molecule has 1 aromatic heterocycles. The summed E-state index contributed by atoms with van der Waals surface area (Å²) in [5.74, 6) is 1.59. The summed E-state index contributed by atoms with van der Waals surface area (Å²) in [6, 6.07) is 14.6. The Morgan fingerprint density at radius 2 is 1.84 bits per heavy atom. The smallest absolute Gasteiger partial charge is 0.273 e. The first-order valence-corrected chi connectivity index (χ1v) is 11.3. The van der Waals surface area contributed by atoms with Gasteiger partial charge in [-0.25, -0.2) is 5.43 Å². The molecule has 31 heavy (non-hydrogen) atoms. The first-order valence-electron chi connectivity index (χ1n) is 10.9. The third kappa shape index (κ3) is 3.45. The predicted molar refractivity (Wildman–Crippen MR) is 124 cm³/mol. The molecule has 1 heterocycles. The highest BCUT2D eigenvalue weighted by Gasteiger charge is 2.54. The Morgan fingerprint density at radius 3 is 2.52 bits per heavy atom. The van der Waals surface area contributed by atoms with Crippen LogP contribution in [0.4, 0.5) is 0 Å². The maximum absolute atomic E-state index is 13.0. The SMILES string of the molecule is CC1(C)[C@H]2CC[C@@H](CC(=O)Nn3nc(-c4ccc(Cl)cc4)c4ccccc4c3=O)[C@@H]1C2. The Kier molecular flexibility index (Phi) is 4.89. The fourth-order valence-corrected chi connectivity index (χ4v) is 5.82. The highest BCUT2D eigenvalue weighted by atomic mass is 35.5. The van der Waals surface area contributed by atoms with E-state index in [-0.39, 0.29) is 11.5 Å². The molecule has 0 aliphatic heterocycles. The molecule has 0 spiro atoms. The molecule has 0 unspecified atom stereocenters. The van der Waals surface area contributed by atoms with Crippen molar-refractivity contribution in [3.05, 3.63) is 63.9 Å². The summed E-state index contributed by atoms with van der Waals surface area (Å²) >= 11 is 6.04. The number of halogens is 1. The van der Waals surface area contributed by atoms with Crippen LogP contribution in [0.15, 0.2) is 53.3 Å². The van der Waals surface area contributed by atoms with Crippen molar-refractivity contribution in [1.29, 1.82) is 0 Å². The second kappa shape index (κ2) is 7.49. The summed E-state index contributed by atoms with van der Waals surface area (Å²) in [6.45, 7) is 4.65. The minimum absolute atomic E-state index is 0.155. The van der Waals surface area contributed by atoms with Crippen molar-refractivity contribution in [2.24, 2.45) is 23.2 Å². The lowest BCUT2D eigenvalue weighted by Crippen LogP contribution is -2.53. The largest absolute Gasteiger partial charge is 0.294 e. The van der Waals surface area contributed by atoms with Gasteiger partial charge in [0.05, 0.1) is 5.39 Å². The first-order chi connectivity index (χ1) is 14.8. The molecule has 3 aliphatic carbocycles. The van der Waals surface area contributed by atoms with Crippen LogP contribution in [0.1, 0.15) is 39.5 Å². The number of aromatic nitrogens is 2. The highest BCUT2D eigenvalue weighted by Crippen LogP contribution is 2.61. The standard InChI is InChI=1S/C25H26ClN3O2/c1-25(2)17-10-7-16(21(25)14-17)13-22(30)27-29-24(31)20-6-4-3-5-19(20)23(28-29)15-8-11-18(26)12-9-15/h3-6,8-9,11-12,16-17,21H,7,10,13-14H2,1-2H3,(H,27,30)/t16-,17-,21-/m0/s1. The van der Waals surface area contributed by atoms with Crippen LogP contribution in [-0.4, -0.2) is 15.8 Å². The van der Waals surface area contributed by atoms with Crippen LogP contribution in [0.2, 0.25) is 5.02 Å². The highest BCUT2D eigenvalue weighted by molar-refractivity contribution is 6.30. The summed E-state index contributed by atoms with van der Waals surface area (Å²) < 4.78 is 0. The van der Waals surface area contributed by atoms with Gasteiger partial charge in [0.1, 0.15) is 5.69 Å². The van der Waals surface area contributed by atoms with Gasteiger partial charge in [-0.2, -0.15) is 0 Å². The molecule has 3 atom stereocenters. The Bertz CT molecular complexity index is 1210. The zero-order valence-electron chi connectivity index (χ0n) is 17.8. The molecule has 160 valence electrons. The minimum Gasteiger partial charge on any atom is -0.273 e.